The van der Waals surface area contributed by atoms with E-state index >= 15 is 0 Å². The standard InChI is InChI=1S/C12H10N4O2/c13-11(18)10-6-9(3-2-8(10)7-17)16-12-14-4-1-5-15-12/h1-7H,(H2,13,18)(H,14,15,16). The molecule has 0 spiro atoms. The van der Waals surface area contributed by atoms with Crippen LogP contribution >= 0.6 is 0 Å². The van der Waals surface area contributed by atoms with Crippen molar-refractivity contribution in [1.29, 1.82) is 0 Å². The van der Waals surface area contributed by atoms with E-state index in [2.05, 4.69) is 15.3 Å². The van der Waals surface area contributed by atoms with E-state index in [4.69, 9.17) is 5.73 Å². The van der Waals surface area contributed by atoms with Crippen molar-refractivity contribution in [2.75, 3.05) is 5.32 Å². The maximum Gasteiger partial charge on any atom is 0.249 e. The number of hydrogen-bond donors (Lipinski definition) is 2. The van der Waals surface area contributed by atoms with Gasteiger partial charge in [0.05, 0.1) is 5.56 Å². The van der Waals surface area contributed by atoms with Crippen LogP contribution in [0.1, 0.15) is 20.7 Å². The Labute approximate surface area is 103 Å². The third-order valence-corrected chi connectivity index (χ3v) is 2.27. The summed E-state index contributed by atoms with van der Waals surface area (Å²) in [4.78, 5) is 29.9. The van der Waals surface area contributed by atoms with Crippen LogP contribution in [-0.4, -0.2) is 22.2 Å². The third-order valence-electron chi connectivity index (χ3n) is 2.27. The Morgan fingerprint density at radius 1 is 1.28 bits per heavy atom. The highest BCUT2D eigenvalue weighted by Gasteiger charge is 2.09. The maximum atomic E-state index is 11.2. The van der Waals surface area contributed by atoms with Crippen molar-refractivity contribution in [1.82, 2.24) is 9.97 Å². The molecule has 18 heavy (non-hydrogen) atoms. The number of nitrogens with two attached hydrogens (primary N) is 1. The minimum atomic E-state index is -0.658. The number of aromatic nitrogens is 2. The minimum Gasteiger partial charge on any atom is -0.366 e. The maximum absolute atomic E-state index is 11.2. The number of aldehydes is 1. The van der Waals surface area contributed by atoms with Gasteiger partial charge in [0.25, 0.3) is 0 Å². The molecule has 0 saturated heterocycles. The predicted octanol–water partition coefficient (Wildman–Crippen LogP) is 1.13. The van der Waals surface area contributed by atoms with Crippen molar-refractivity contribution in [3.8, 4) is 0 Å². The number of amides is 1. The van der Waals surface area contributed by atoms with Gasteiger partial charge in [-0.3, -0.25) is 9.59 Å². The van der Waals surface area contributed by atoms with Crippen LogP contribution in [-0.2, 0) is 0 Å². The van der Waals surface area contributed by atoms with Crippen molar-refractivity contribution in [2.24, 2.45) is 5.73 Å². The van der Waals surface area contributed by atoms with Gasteiger partial charge in [-0.15, -0.1) is 0 Å². The van der Waals surface area contributed by atoms with E-state index in [1.807, 2.05) is 0 Å². The molecule has 6 nitrogen and oxygen atoms in total. The number of benzene rings is 1. The fourth-order valence-electron chi connectivity index (χ4n) is 1.44. The Kier molecular flexibility index (Phi) is 3.29. The van der Waals surface area contributed by atoms with Crippen molar-refractivity contribution in [3.63, 3.8) is 0 Å². The molecule has 0 saturated carbocycles. The number of anilines is 2. The average Bonchev–Trinajstić information content (AvgIpc) is 2.40. The number of carbonyl (C=O) groups excluding carboxylic acids is 2. The summed E-state index contributed by atoms with van der Waals surface area (Å²) in [7, 11) is 0. The first-order chi connectivity index (χ1) is 8.70. The second kappa shape index (κ2) is 5.05. The lowest BCUT2D eigenvalue weighted by Crippen LogP contribution is -2.14. The first kappa shape index (κ1) is 11.7. The Morgan fingerprint density at radius 3 is 2.61 bits per heavy atom. The highest BCUT2D eigenvalue weighted by molar-refractivity contribution is 6.01. The molecular formula is C12H10N4O2. The Balaban J connectivity index is 2.33. The largest absolute Gasteiger partial charge is 0.366 e. The van der Waals surface area contributed by atoms with Crippen molar-refractivity contribution < 1.29 is 9.59 Å². The molecular weight excluding hydrogens is 232 g/mol. The van der Waals surface area contributed by atoms with Gasteiger partial charge in [0.2, 0.25) is 11.9 Å². The molecule has 90 valence electrons. The van der Waals surface area contributed by atoms with Gasteiger partial charge in [0.15, 0.2) is 6.29 Å². The molecule has 1 aromatic carbocycles. The minimum absolute atomic E-state index is 0.158. The molecule has 0 atom stereocenters. The smallest absolute Gasteiger partial charge is 0.249 e. The molecule has 1 amide bonds. The van der Waals surface area contributed by atoms with Crippen LogP contribution in [0.4, 0.5) is 11.6 Å². The number of primary amides is 1. The van der Waals surface area contributed by atoms with Crippen LogP contribution in [0, 0.1) is 0 Å². The summed E-state index contributed by atoms with van der Waals surface area (Å²) in [6.45, 7) is 0. The van der Waals surface area contributed by atoms with E-state index in [0.29, 0.717) is 17.9 Å². The first-order valence-electron chi connectivity index (χ1n) is 5.14. The molecule has 1 aromatic heterocycles. The van der Waals surface area contributed by atoms with Crippen LogP contribution in [0.25, 0.3) is 0 Å². The molecule has 3 N–H and O–H groups in total. The second-order valence-corrected chi connectivity index (χ2v) is 3.48. The number of nitrogens with one attached hydrogen (secondary N) is 1. The molecule has 0 aliphatic carbocycles. The Morgan fingerprint density at radius 2 is 2.00 bits per heavy atom. The molecule has 0 bridgehead atoms. The zero-order valence-corrected chi connectivity index (χ0v) is 9.33. The van der Waals surface area contributed by atoms with E-state index in [1.165, 1.54) is 12.1 Å². The monoisotopic (exact) mass is 242 g/mol. The van der Waals surface area contributed by atoms with Gasteiger partial charge in [0.1, 0.15) is 0 Å². The van der Waals surface area contributed by atoms with Gasteiger partial charge < -0.3 is 11.1 Å². The van der Waals surface area contributed by atoms with Gasteiger partial charge in [-0.05, 0) is 24.3 Å². The predicted molar refractivity (Wildman–Crippen MR) is 65.7 cm³/mol. The summed E-state index contributed by atoms with van der Waals surface area (Å²) in [5.41, 5.74) is 6.19. The first-order valence-corrected chi connectivity index (χ1v) is 5.14. The average molecular weight is 242 g/mol. The fourth-order valence-corrected chi connectivity index (χ4v) is 1.44. The quantitative estimate of drug-likeness (QED) is 0.783. The summed E-state index contributed by atoms with van der Waals surface area (Å²) in [5, 5.41) is 2.90. The van der Waals surface area contributed by atoms with Crippen molar-refractivity contribution in [3.05, 3.63) is 47.8 Å². The van der Waals surface area contributed by atoms with Crippen LogP contribution < -0.4 is 11.1 Å². The van der Waals surface area contributed by atoms with Gasteiger partial charge >= 0.3 is 0 Å². The summed E-state index contributed by atoms with van der Waals surface area (Å²) in [5.74, 6) is -0.262. The number of nitrogens with zero attached hydrogens (tertiary/aromatic N) is 2. The van der Waals surface area contributed by atoms with Gasteiger partial charge in [0, 0.05) is 23.6 Å². The van der Waals surface area contributed by atoms with Gasteiger partial charge in [-0.2, -0.15) is 0 Å². The SMILES string of the molecule is NC(=O)c1cc(Nc2ncccn2)ccc1C=O. The summed E-state index contributed by atoms with van der Waals surface area (Å²) in [6, 6.07) is 6.34. The van der Waals surface area contributed by atoms with Gasteiger partial charge in [-0.1, -0.05) is 0 Å². The van der Waals surface area contributed by atoms with Crippen molar-refractivity contribution in [2.45, 2.75) is 0 Å². The van der Waals surface area contributed by atoms with Crippen LogP contribution in [0.2, 0.25) is 0 Å². The molecule has 2 rings (SSSR count). The molecule has 0 aliphatic rings. The summed E-state index contributed by atoms with van der Waals surface area (Å²) >= 11 is 0. The van der Waals surface area contributed by atoms with E-state index in [9.17, 15) is 9.59 Å². The summed E-state index contributed by atoms with van der Waals surface area (Å²) < 4.78 is 0. The van der Waals surface area contributed by atoms with Gasteiger partial charge in [-0.25, -0.2) is 9.97 Å². The number of carbonyl (C=O) groups is 2. The fraction of sp³-hybridized carbons (Fsp3) is 0. The lowest BCUT2D eigenvalue weighted by Gasteiger charge is -2.06. The molecule has 0 radical (unpaired) electrons. The Bertz CT molecular complexity index is 584. The van der Waals surface area contributed by atoms with E-state index in [1.54, 1.807) is 24.5 Å². The van der Waals surface area contributed by atoms with E-state index < -0.39 is 5.91 Å². The van der Waals surface area contributed by atoms with Crippen LogP contribution in [0.5, 0.6) is 0 Å². The number of hydrogen-bond acceptors (Lipinski definition) is 5. The molecule has 2 aromatic rings. The molecule has 6 heteroatoms. The zero-order chi connectivity index (χ0) is 13.0. The number of rotatable bonds is 4. The second-order valence-electron chi connectivity index (χ2n) is 3.48. The van der Waals surface area contributed by atoms with E-state index in [-0.39, 0.29) is 11.1 Å². The molecule has 0 fully saturated rings. The van der Waals surface area contributed by atoms with Crippen LogP contribution in [0.15, 0.2) is 36.7 Å². The summed E-state index contributed by atoms with van der Waals surface area (Å²) in [6.07, 6.45) is 3.76. The third kappa shape index (κ3) is 2.49. The molecule has 0 unspecified atom stereocenters. The highest BCUT2D eigenvalue weighted by atomic mass is 16.1. The van der Waals surface area contributed by atoms with E-state index in [0.717, 1.165) is 0 Å². The zero-order valence-electron chi connectivity index (χ0n) is 9.33. The van der Waals surface area contributed by atoms with Crippen LogP contribution in [0.3, 0.4) is 0 Å². The highest BCUT2D eigenvalue weighted by Crippen LogP contribution is 2.17. The lowest BCUT2D eigenvalue weighted by molar-refractivity contribution is 0.0993. The topological polar surface area (TPSA) is 98.0 Å². The molecule has 1 heterocycles. The van der Waals surface area contributed by atoms with Crippen molar-refractivity contribution >= 4 is 23.8 Å². The molecule has 0 aliphatic heterocycles. The normalized spacial score (nSPS) is 9.78. The lowest BCUT2D eigenvalue weighted by atomic mass is 10.1. The Hall–Kier alpha value is -2.76.